The Morgan fingerprint density at radius 1 is 0.568 bits per heavy atom. The zero-order valence-electron chi connectivity index (χ0n) is 27.2. The van der Waals surface area contributed by atoms with E-state index in [2.05, 4.69) is 31.9 Å². The molecule has 5 atom stereocenters. The van der Waals surface area contributed by atoms with Crippen LogP contribution in [0, 0.1) is 0 Å². The highest BCUT2D eigenvalue weighted by Crippen LogP contribution is 2.08. The van der Waals surface area contributed by atoms with Crippen LogP contribution in [-0.2, 0) is 38.4 Å². The first-order chi connectivity index (χ1) is 20.6. The highest BCUT2D eigenvalue weighted by molar-refractivity contribution is 5.91. The molecule has 5 unspecified atom stereocenters. The van der Waals surface area contributed by atoms with Gasteiger partial charge in [-0.15, -0.1) is 0 Å². The number of likely N-dealkylation sites (N-methyl/N-ethyl adjacent to an activating group) is 2. The summed E-state index contributed by atoms with van der Waals surface area (Å²) in [7, 11) is 3.19. The minimum Gasteiger partial charge on any atom is -0.355 e. The van der Waals surface area contributed by atoms with E-state index >= 15 is 0 Å². The molecule has 14 heteroatoms. The molecule has 44 heavy (non-hydrogen) atoms. The van der Waals surface area contributed by atoms with Gasteiger partial charge in [0.2, 0.25) is 23.6 Å². The summed E-state index contributed by atoms with van der Waals surface area (Å²) in [5.74, 6) is -2.36. The van der Waals surface area contributed by atoms with Crippen molar-refractivity contribution in [1.82, 2.24) is 31.9 Å². The molecular weight excluding hydrogens is 572 g/mol. The van der Waals surface area contributed by atoms with E-state index in [4.69, 9.17) is 0 Å². The zero-order valence-corrected chi connectivity index (χ0v) is 27.2. The van der Waals surface area contributed by atoms with Crippen molar-refractivity contribution in [1.29, 1.82) is 0 Å². The van der Waals surface area contributed by atoms with E-state index in [0.29, 0.717) is 19.3 Å². The van der Waals surface area contributed by atoms with Gasteiger partial charge in [0.15, 0.2) is 5.78 Å². The molecular formula is C30H52N6O8. The Hall–Kier alpha value is -3.52. The molecule has 0 bridgehead atoms. The van der Waals surface area contributed by atoms with Gasteiger partial charge in [-0.2, -0.15) is 0 Å². The van der Waals surface area contributed by atoms with Gasteiger partial charge >= 0.3 is 0 Å². The molecule has 0 radical (unpaired) electrons. The van der Waals surface area contributed by atoms with Gasteiger partial charge in [0.25, 0.3) is 0 Å². The second-order valence-corrected chi connectivity index (χ2v) is 11.2. The summed E-state index contributed by atoms with van der Waals surface area (Å²) in [5, 5.41) is 16.5. The van der Waals surface area contributed by atoms with E-state index in [1.54, 1.807) is 21.0 Å². The van der Waals surface area contributed by atoms with Crippen LogP contribution in [0.15, 0.2) is 0 Å². The fourth-order valence-electron chi connectivity index (χ4n) is 4.30. The van der Waals surface area contributed by atoms with Crippen LogP contribution >= 0.6 is 0 Å². The first-order valence-electron chi connectivity index (χ1n) is 15.1. The normalized spacial score (nSPS) is 14.2. The monoisotopic (exact) mass is 624 g/mol. The molecule has 4 amide bonds. The molecule has 0 aliphatic rings. The molecule has 0 aromatic carbocycles. The fourth-order valence-corrected chi connectivity index (χ4v) is 4.30. The Balaban J connectivity index is 5.49. The largest absolute Gasteiger partial charge is 0.355 e. The third-order valence-electron chi connectivity index (χ3n) is 7.09. The van der Waals surface area contributed by atoms with Gasteiger partial charge in [-0.05, 0) is 80.8 Å². The zero-order chi connectivity index (χ0) is 33.8. The van der Waals surface area contributed by atoms with Gasteiger partial charge in [-0.25, -0.2) is 0 Å². The van der Waals surface area contributed by atoms with Crippen LogP contribution in [0.2, 0.25) is 0 Å². The minimum atomic E-state index is -1.14. The second-order valence-electron chi connectivity index (χ2n) is 11.2. The van der Waals surface area contributed by atoms with Crippen molar-refractivity contribution < 1.29 is 38.4 Å². The van der Waals surface area contributed by atoms with Crippen molar-refractivity contribution in [3.05, 3.63) is 0 Å². The predicted molar refractivity (Wildman–Crippen MR) is 164 cm³/mol. The highest BCUT2D eigenvalue weighted by Gasteiger charge is 2.28. The van der Waals surface area contributed by atoms with Gasteiger partial charge in [-0.3, -0.25) is 28.8 Å². The number of carbonyl (C=O) groups is 8. The molecule has 0 aliphatic carbocycles. The summed E-state index contributed by atoms with van der Waals surface area (Å²) >= 11 is 0. The van der Waals surface area contributed by atoms with Crippen molar-refractivity contribution in [3.63, 3.8) is 0 Å². The third kappa shape index (κ3) is 18.2. The van der Waals surface area contributed by atoms with E-state index in [1.807, 2.05) is 0 Å². The second kappa shape index (κ2) is 22.1. The molecule has 0 aromatic heterocycles. The van der Waals surface area contributed by atoms with Crippen molar-refractivity contribution in [2.24, 2.45) is 0 Å². The minimum absolute atomic E-state index is 0.0147. The number of rotatable bonds is 24. The lowest BCUT2D eigenvalue weighted by Crippen LogP contribution is -2.54. The summed E-state index contributed by atoms with van der Waals surface area (Å²) in [6, 6.07) is -3.72. The maximum Gasteiger partial charge on any atom is 0.242 e. The molecule has 0 aliphatic heterocycles. The van der Waals surface area contributed by atoms with Crippen molar-refractivity contribution in [2.45, 2.75) is 123 Å². The van der Waals surface area contributed by atoms with Crippen LogP contribution in [0.1, 0.15) is 92.4 Å². The maximum atomic E-state index is 13.4. The third-order valence-corrected chi connectivity index (χ3v) is 7.09. The van der Waals surface area contributed by atoms with Gasteiger partial charge in [0.1, 0.15) is 23.4 Å². The molecule has 250 valence electrons. The van der Waals surface area contributed by atoms with Crippen LogP contribution < -0.4 is 31.9 Å². The Bertz CT molecular complexity index is 1020. The number of Topliss-reactive ketones (excluding diaryl/α,β-unsaturated/α-hetero) is 4. The summed E-state index contributed by atoms with van der Waals surface area (Å²) in [6.07, 6.45) is 1.57. The molecule has 0 heterocycles. The van der Waals surface area contributed by atoms with Crippen molar-refractivity contribution in [3.8, 4) is 0 Å². The van der Waals surface area contributed by atoms with Gasteiger partial charge in [0, 0.05) is 38.3 Å². The van der Waals surface area contributed by atoms with Gasteiger partial charge < -0.3 is 41.5 Å². The Morgan fingerprint density at radius 2 is 1.07 bits per heavy atom. The molecule has 0 aromatic rings. The summed E-state index contributed by atoms with van der Waals surface area (Å²) in [6.45, 7) is 7.42. The Labute approximate surface area is 260 Å². The molecule has 0 saturated heterocycles. The number of hydrogen-bond donors (Lipinski definition) is 6. The predicted octanol–water partition coefficient (Wildman–Crippen LogP) is -0.380. The molecule has 0 spiro atoms. The quantitative estimate of drug-likeness (QED) is 0.0767. The Morgan fingerprint density at radius 3 is 1.55 bits per heavy atom. The first-order valence-corrected chi connectivity index (χ1v) is 15.1. The van der Waals surface area contributed by atoms with Gasteiger partial charge in [0.05, 0.1) is 18.1 Å². The lowest BCUT2D eigenvalue weighted by Gasteiger charge is -2.25. The van der Waals surface area contributed by atoms with E-state index in [9.17, 15) is 38.4 Å². The van der Waals surface area contributed by atoms with Crippen LogP contribution in [0.4, 0.5) is 0 Å². The number of nitrogens with one attached hydrogen (secondary N) is 6. The SMILES string of the molecule is CNC(CCC(C)=O)C(=O)NCCCC(CC(C)=O)NC(=O)C(CCC(=O)NC(C)C(C)=O)NC(=O)C(CCC(C)=O)NC. The van der Waals surface area contributed by atoms with Crippen molar-refractivity contribution in [2.75, 3.05) is 20.6 Å². The van der Waals surface area contributed by atoms with E-state index in [-0.39, 0.29) is 74.1 Å². The summed E-state index contributed by atoms with van der Waals surface area (Å²) in [5.41, 5.74) is 0. The van der Waals surface area contributed by atoms with Crippen LogP contribution in [0.5, 0.6) is 0 Å². The topological polar surface area (TPSA) is 209 Å². The summed E-state index contributed by atoms with van der Waals surface area (Å²) < 4.78 is 0. The molecule has 0 rings (SSSR count). The van der Waals surface area contributed by atoms with Crippen molar-refractivity contribution >= 4 is 46.8 Å². The molecule has 6 N–H and O–H groups in total. The summed E-state index contributed by atoms with van der Waals surface area (Å²) in [4.78, 5) is 97.4. The Kier molecular flexibility index (Phi) is 20.3. The lowest BCUT2D eigenvalue weighted by atomic mass is 10.0. The number of amides is 4. The number of carbonyl (C=O) groups excluding carboxylic acids is 8. The number of hydrogen-bond acceptors (Lipinski definition) is 10. The average molecular weight is 625 g/mol. The lowest BCUT2D eigenvalue weighted by molar-refractivity contribution is -0.132. The molecule has 0 saturated carbocycles. The first kappa shape index (κ1) is 40.5. The molecule has 14 nitrogen and oxygen atoms in total. The maximum absolute atomic E-state index is 13.4. The van der Waals surface area contributed by atoms with E-state index in [1.165, 1.54) is 27.7 Å². The number of ketones is 4. The van der Waals surface area contributed by atoms with E-state index in [0.717, 1.165) is 0 Å². The van der Waals surface area contributed by atoms with Crippen LogP contribution in [-0.4, -0.2) is 97.6 Å². The van der Waals surface area contributed by atoms with Crippen LogP contribution in [0.3, 0.4) is 0 Å². The fraction of sp³-hybridized carbons (Fsp3) is 0.733. The van der Waals surface area contributed by atoms with Crippen LogP contribution in [0.25, 0.3) is 0 Å². The van der Waals surface area contributed by atoms with E-state index < -0.39 is 47.9 Å². The smallest absolute Gasteiger partial charge is 0.242 e. The van der Waals surface area contributed by atoms with Gasteiger partial charge in [-0.1, -0.05) is 0 Å². The average Bonchev–Trinajstić information content (AvgIpc) is 2.92. The highest BCUT2D eigenvalue weighted by atomic mass is 16.2. The molecule has 0 fully saturated rings. The standard InChI is InChI=1S/C30H52N6O8/c1-18(37)10-12-24(31-6)28(42)33-16-8-9-23(17-20(3)39)35-30(44)26(14-15-27(41)34-21(4)22(5)40)36-29(43)25(32-7)13-11-19(2)38/h21,23-26,31-32H,8-17H2,1-7H3,(H,33,42)(H,34,41)(H,35,44)(H,36,43).